The summed E-state index contributed by atoms with van der Waals surface area (Å²) in [4.78, 5) is 0. The van der Waals surface area contributed by atoms with Crippen LogP contribution in [0.15, 0.2) is 65.1 Å². The Morgan fingerprint density at radius 1 is 0.950 bits per heavy atom. The van der Waals surface area contributed by atoms with Crippen LogP contribution in [0, 0.1) is 0 Å². The lowest BCUT2D eigenvalue weighted by molar-refractivity contribution is 0.305. The molecule has 0 aromatic heterocycles. The van der Waals surface area contributed by atoms with E-state index >= 15 is 0 Å². The molecule has 0 spiro atoms. The highest BCUT2D eigenvalue weighted by Gasteiger charge is 2.06. The van der Waals surface area contributed by atoms with Crippen molar-refractivity contribution in [2.45, 2.75) is 6.61 Å². The maximum absolute atomic E-state index is 5.88. The first-order valence-corrected chi connectivity index (χ1v) is 7.18. The van der Waals surface area contributed by atoms with Crippen molar-refractivity contribution in [2.24, 2.45) is 0 Å². The highest BCUT2D eigenvalue weighted by molar-refractivity contribution is 9.10. The van der Waals surface area contributed by atoms with Crippen molar-refractivity contribution in [3.8, 4) is 5.75 Å². The van der Waals surface area contributed by atoms with Gasteiger partial charge in [-0.2, -0.15) is 0 Å². The smallest absolute Gasteiger partial charge is 0.134 e. The summed E-state index contributed by atoms with van der Waals surface area (Å²) in [5.41, 5.74) is 7.58. The van der Waals surface area contributed by atoms with Crippen molar-refractivity contribution in [1.29, 1.82) is 0 Å². The summed E-state index contributed by atoms with van der Waals surface area (Å²) in [6.07, 6.45) is 0. The van der Waals surface area contributed by atoms with E-state index in [9.17, 15) is 0 Å². The second-order valence-corrected chi connectivity index (χ2v) is 5.43. The van der Waals surface area contributed by atoms with Crippen molar-refractivity contribution in [1.82, 2.24) is 0 Å². The molecule has 3 aromatic rings. The molecule has 0 saturated heterocycles. The van der Waals surface area contributed by atoms with Crippen molar-refractivity contribution in [2.75, 3.05) is 5.73 Å². The molecule has 3 heteroatoms. The number of halogens is 1. The number of nitrogen functional groups attached to an aromatic ring is 1. The molecule has 3 rings (SSSR count). The van der Waals surface area contributed by atoms with Gasteiger partial charge in [0, 0.05) is 5.69 Å². The number of anilines is 1. The minimum absolute atomic E-state index is 0.502. The summed E-state index contributed by atoms with van der Waals surface area (Å²) >= 11 is 3.62. The fourth-order valence-electron chi connectivity index (χ4n) is 2.17. The van der Waals surface area contributed by atoms with E-state index in [1.807, 2.05) is 42.5 Å². The number of fused-ring (bicyclic) bond motifs is 1. The summed E-state index contributed by atoms with van der Waals surface area (Å²) in [5.74, 6) is 0.839. The van der Waals surface area contributed by atoms with Crippen LogP contribution >= 0.6 is 15.9 Å². The fourth-order valence-corrected chi connectivity index (χ4v) is 2.78. The molecule has 0 aliphatic rings. The van der Waals surface area contributed by atoms with Gasteiger partial charge in [-0.1, -0.05) is 42.5 Å². The van der Waals surface area contributed by atoms with E-state index in [1.54, 1.807) is 0 Å². The number of rotatable bonds is 3. The second-order valence-electron chi connectivity index (χ2n) is 4.63. The van der Waals surface area contributed by atoms with Crippen LogP contribution in [0.25, 0.3) is 10.8 Å². The van der Waals surface area contributed by atoms with Gasteiger partial charge in [0.25, 0.3) is 0 Å². The topological polar surface area (TPSA) is 35.2 Å². The summed E-state index contributed by atoms with van der Waals surface area (Å²) in [5, 5.41) is 2.34. The highest BCUT2D eigenvalue weighted by Crippen LogP contribution is 2.33. The largest absolute Gasteiger partial charge is 0.488 e. The third kappa shape index (κ3) is 2.63. The zero-order valence-corrected chi connectivity index (χ0v) is 12.4. The number of nitrogens with two attached hydrogens (primary N) is 1. The van der Waals surface area contributed by atoms with Crippen LogP contribution in [0.3, 0.4) is 0 Å². The number of ether oxygens (including phenoxy) is 1. The van der Waals surface area contributed by atoms with Crippen molar-refractivity contribution in [3.05, 3.63) is 70.7 Å². The quantitative estimate of drug-likeness (QED) is 0.703. The molecule has 2 nitrogen and oxygen atoms in total. The van der Waals surface area contributed by atoms with E-state index < -0.39 is 0 Å². The molecule has 3 aromatic carbocycles. The predicted molar refractivity (Wildman–Crippen MR) is 86.8 cm³/mol. The lowest BCUT2D eigenvalue weighted by atomic mass is 10.1. The molecule has 100 valence electrons. The van der Waals surface area contributed by atoms with E-state index in [2.05, 4.69) is 34.1 Å². The third-order valence-electron chi connectivity index (χ3n) is 3.17. The molecule has 20 heavy (non-hydrogen) atoms. The van der Waals surface area contributed by atoms with Gasteiger partial charge in [-0.3, -0.25) is 0 Å². The van der Waals surface area contributed by atoms with Gasteiger partial charge in [0.05, 0.1) is 4.47 Å². The first-order chi connectivity index (χ1) is 9.74. The van der Waals surface area contributed by atoms with Crippen molar-refractivity contribution in [3.63, 3.8) is 0 Å². The predicted octanol–water partition coefficient (Wildman–Crippen LogP) is 4.76. The number of benzene rings is 3. The van der Waals surface area contributed by atoms with Gasteiger partial charge in [-0.05, 0) is 50.5 Å². The molecule has 0 radical (unpaired) electrons. The van der Waals surface area contributed by atoms with Gasteiger partial charge in [0.2, 0.25) is 0 Å². The average molecular weight is 328 g/mol. The molecule has 0 bridgehead atoms. The van der Waals surface area contributed by atoms with E-state index in [-0.39, 0.29) is 0 Å². The Hall–Kier alpha value is -2.00. The van der Waals surface area contributed by atoms with E-state index in [1.165, 1.54) is 5.39 Å². The standard InChI is InChI=1S/C17H14BrNO/c18-17-15-7-2-1-5-13(15)8-9-16(17)20-11-12-4-3-6-14(19)10-12/h1-10H,11,19H2. The van der Waals surface area contributed by atoms with Gasteiger partial charge >= 0.3 is 0 Å². The molecule has 2 N–H and O–H groups in total. The highest BCUT2D eigenvalue weighted by atomic mass is 79.9. The first kappa shape index (κ1) is 13.0. The molecule has 0 amide bonds. The second kappa shape index (κ2) is 5.55. The fraction of sp³-hybridized carbons (Fsp3) is 0.0588. The zero-order chi connectivity index (χ0) is 13.9. The Bertz CT molecular complexity index is 755. The Morgan fingerprint density at radius 2 is 1.80 bits per heavy atom. The van der Waals surface area contributed by atoms with Crippen molar-refractivity contribution < 1.29 is 4.74 Å². The van der Waals surface area contributed by atoms with Gasteiger partial charge in [-0.25, -0.2) is 0 Å². The average Bonchev–Trinajstić information content (AvgIpc) is 2.47. The number of hydrogen-bond acceptors (Lipinski definition) is 2. The Balaban J connectivity index is 1.86. The lowest BCUT2D eigenvalue weighted by Crippen LogP contribution is -1.97. The van der Waals surface area contributed by atoms with E-state index in [0.717, 1.165) is 26.9 Å². The van der Waals surface area contributed by atoms with Crippen LogP contribution in [-0.2, 0) is 6.61 Å². The third-order valence-corrected chi connectivity index (χ3v) is 3.99. The molecule has 0 aliphatic heterocycles. The van der Waals surface area contributed by atoms with Gasteiger partial charge in [-0.15, -0.1) is 0 Å². The van der Waals surface area contributed by atoms with E-state index in [4.69, 9.17) is 10.5 Å². The molecular formula is C17H14BrNO. The monoisotopic (exact) mass is 327 g/mol. The van der Waals surface area contributed by atoms with Crippen LogP contribution < -0.4 is 10.5 Å². The minimum atomic E-state index is 0.502. The molecule has 0 aliphatic carbocycles. The maximum Gasteiger partial charge on any atom is 0.134 e. The molecule has 0 fully saturated rings. The molecule has 0 heterocycles. The summed E-state index contributed by atoms with van der Waals surface area (Å²) in [6.45, 7) is 0.502. The van der Waals surface area contributed by atoms with Crippen LogP contribution in [0.2, 0.25) is 0 Å². The lowest BCUT2D eigenvalue weighted by Gasteiger charge is -2.10. The van der Waals surface area contributed by atoms with Crippen LogP contribution in [-0.4, -0.2) is 0 Å². The minimum Gasteiger partial charge on any atom is -0.488 e. The zero-order valence-electron chi connectivity index (χ0n) is 10.8. The normalized spacial score (nSPS) is 10.7. The van der Waals surface area contributed by atoms with Crippen LogP contribution in [0.4, 0.5) is 5.69 Å². The number of hydrogen-bond donors (Lipinski definition) is 1. The van der Waals surface area contributed by atoms with Gasteiger partial charge in [0.15, 0.2) is 0 Å². The van der Waals surface area contributed by atoms with Crippen molar-refractivity contribution >= 4 is 32.4 Å². The van der Waals surface area contributed by atoms with Crippen LogP contribution in [0.5, 0.6) is 5.75 Å². The Morgan fingerprint density at radius 3 is 2.65 bits per heavy atom. The van der Waals surface area contributed by atoms with E-state index in [0.29, 0.717) is 6.61 Å². The molecule has 0 saturated carbocycles. The summed E-state index contributed by atoms with van der Waals surface area (Å²) in [7, 11) is 0. The maximum atomic E-state index is 5.88. The molecular weight excluding hydrogens is 314 g/mol. The molecule has 0 atom stereocenters. The van der Waals surface area contributed by atoms with Crippen LogP contribution in [0.1, 0.15) is 5.56 Å². The molecule has 0 unspecified atom stereocenters. The Labute approximate surface area is 126 Å². The van der Waals surface area contributed by atoms with Gasteiger partial charge in [0.1, 0.15) is 12.4 Å². The summed E-state index contributed by atoms with van der Waals surface area (Å²) in [6, 6.07) is 20.0. The SMILES string of the molecule is Nc1cccc(COc2ccc3ccccc3c2Br)c1. The summed E-state index contributed by atoms with van der Waals surface area (Å²) < 4.78 is 6.87. The Kier molecular flexibility index (Phi) is 3.61. The van der Waals surface area contributed by atoms with Gasteiger partial charge < -0.3 is 10.5 Å². The first-order valence-electron chi connectivity index (χ1n) is 6.38.